The summed E-state index contributed by atoms with van der Waals surface area (Å²) in [6.07, 6.45) is 1.11. The number of nitrogens with zero attached hydrogens (tertiary/aromatic N) is 2. The fourth-order valence-electron chi connectivity index (χ4n) is 2.22. The van der Waals surface area contributed by atoms with Crippen LogP contribution in [0, 0.1) is 10.1 Å². The smallest absolute Gasteiger partial charge is 0.310 e. The van der Waals surface area contributed by atoms with Crippen molar-refractivity contribution < 1.29 is 22.9 Å². The molecule has 0 fully saturated rings. The lowest BCUT2D eigenvalue weighted by Gasteiger charge is -2.05. The van der Waals surface area contributed by atoms with Crippen molar-refractivity contribution in [2.45, 2.75) is 4.90 Å². The fraction of sp³-hybridized carbons (Fsp3) is 0.125. The largest absolute Gasteiger partial charge is 0.477 e. The molecule has 1 N–H and O–H groups in total. The molecule has 0 saturated carbocycles. The normalized spacial score (nSPS) is 11.3. The Morgan fingerprint density at radius 3 is 2.74 bits per heavy atom. The summed E-state index contributed by atoms with van der Waals surface area (Å²) in [5.41, 5.74) is 0.306. The first-order valence-electron chi connectivity index (χ1n) is 7.51. The molecule has 1 aromatic heterocycles. The summed E-state index contributed by atoms with van der Waals surface area (Å²) in [5.74, 6) is -0.560. The Morgan fingerprint density at radius 1 is 1.30 bits per heavy atom. The maximum Gasteiger partial charge on any atom is 0.310 e. The van der Waals surface area contributed by atoms with Crippen LogP contribution >= 0.6 is 11.3 Å². The number of fused-ring (bicyclic) bond motifs is 1. The molecule has 2 aromatic carbocycles. The van der Waals surface area contributed by atoms with E-state index in [1.54, 1.807) is 12.1 Å². The Kier molecular flexibility index (Phi) is 5.06. The van der Waals surface area contributed by atoms with Gasteiger partial charge in [0.05, 0.1) is 20.0 Å². The molecular formula is C16H13N3O6S2. The molecule has 0 atom stereocenters. The van der Waals surface area contributed by atoms with Gasteiger partial charge >= 0.3 is 5.69 Å². The first-order valence-corrected chi connectivity index (χ1v) is 10.2. The van der Waals surface area contributed by atoms with E-state index >= 15 is 0 Å². The van der Waals surface area contributed by atoms with Gasteiger partial charge in [0, 0.05) is 12.3 Å². The van der Waals surface area contributed by atoms with Gasteiger partial charge in [0.1, 0.15) is 0 Å². The van der Waals surface area contributed by atoms with Gasteiger partial charge < -0.3 is 4.74 Å². The minimum atomic E-state index is -3.34. The van der Waals surface area contributed by atoms with Crippen molar-refractivity contribution in [3.05, 3.63) is 52.6 Å². The van der Waals surface area contributed by atoms with Crippen molar-refractivity contribution in [1.82, 2.24) is 4.98 Å². The second-order valence-electron chi connectivity index (χ2n) is 5.48. The molecule has 1 amide bonds. The standard InChI is InChI=1S/C16H13N3O6S2/c1-27(23,24)10-6-7-11-14(8-10)26-16(17-11)18-15(20)9-25-13-5-3-2-4-12(13)19(21)22/h2-8H,9H2,1H3,(H,17,18,20). The summed E-state index contributed by atoms with van der Waals surface area (Å²) < 4.78 is 29.0. The molecule has 0 aliphatic carbocycles. The van der Waals surface area contributed by atoms with Crippen molar-refractivity contribution in [3.8, 4) is 5.75 Å². The molecule has 3 rings (SSSR count). The van der Waals surface area contributed by atoms with E-state index in [9.17, 15) is 23.3 Å². The number of hydrogen-bond acceptors (Lipinski definition) is 8. The number of para-hydroxylation sites is 2. The Labute approximate surface area is 157 Å². The van der Waals surface area contributed by atoms with Crippen molar-refractivity contribution >= 4 is 48.1 Å². The van der Waals surface area contributed by atoms with E-state index in [1.165, 1.54) is 30.3 Å². The monoisotopic (exact) mass is 407 g/mol. The second-order valence-corrected chi connectivity index (χ2v) is 8.53. The van der Waals surface area contributed by atoms with Gasteiger partial charge in [0.2, 0.25) is 0 Å². The minimum absolute atomic E-state index is 0.0141. The third-order valence-electron chi connectivity index (χ3n) is 3.46. The SMILES string of the molecule is CS(=O)(=O)c1ccc2nc(NC(=O)COc3ccccc3[N+](=O)[O-])sc2c1. The molecule has 9 nitrogen and oxygen atoms in total. The summed E-state index contributed by atoms with van der Waals surface area (Å²) in [7, 11) is -3.34. The first-order chi connectivity index (χ1) is 12.7. The van der Waals surface area contributed by atoms with Crippen LogP contribution in [0.4, 0.5) is 10.8 Å². The maximum absolute atomic E-state index is 12.0. The molecule has 0 bridgehead atoms. The number of anilines is 1. The van der Waals surface area contributed by atoms with Crippen molar-refractivity contribution in [2.24, 2.45) is 0 Å². The van der Waals surface area contributed by atoms with Crippen LogP contribution in [-0.2, 0) is 14.6 Å². The van der Waals surface area contributed by atoms with Crippen LogP contribution in [0.1, 0.15) is 0 Å². The molecule has 3 aromatic rings. The van der Waals surface area contributed by atoms with Crippen LogP contribution in [0.2, 0.25) is 0 Å². The van der Waals surface area contributed by atoms with E-state index in [0.717, 1.165) is 17.6 Å². The molecule has 0 unspecified atom stereocenters. The Bertz CT molecular complexity index is 1140. The average molecular weight is 407 g/mol. The fourth-order valence-corrected chi connectivity index (χ4v) is 3.86. The Balaban J connectivity index is 1.70. The van der Waals surface area contributed by atoms with E-state index in [2.05, 4.69) is 10.3 Å². The third kappa shape index (κ3) is 4.38. The number of benzene rings is 2. The summed E-state index contributed by atoms with van der Waals surface area (Å²) in [6.45, 7) is -0.435. The quantitative estimate of drug-likeness (QED) is 0.491. The zero-order valence-electron chi connectivity index (χ0n) is 13.9. The average Bonchev–Trinajstić information content (AvgIpc) is 3.00. The number of nitrogens with one attached hydrogen (secondary N) is 1. The summed E-state index contributed by atoms with van der Waals surface area (Å²) in [6, 6.07) is 10.2. The van der Waals surface area contributed by atoms with Crippen LogP contribution < -0.4 is 10.1 Å². The number of thiazole rings is 1. The summed E-state index contributed by atoms with van der Waals surface area (Å²) in [4.78, 5) is 26.7. The van der Waals surface area contributed by atoms with E-state index in [4.69, 9.17) is 4.74 Å². The van der Waals surface area contributed by atoms with Crippen molar-refractivity contribution in [1.29, 1.82) is 0 Å². The van der Waals surface area contributed by atoms with Crippen molar-refractivity contribution in [2.75, 3.05) is 18.2 Å². The first kappa shape index (κ1) is 18.7. The van der Waals surface area contributed by atoms with Gasteiger partial charge in [-0.05, 0) is 24.3 Å². The molecule has 140 valence electrons. The zero-order chi connectivity index (χ0) is 19.6. The van der Waals surface area contributed by atoms with Crippen LogP contribution in [0.25, 0.3) is 10.2 Å². The number of carbonyl (C=O) groups is 1. The third-order valence-corrected chi connectivity index (χ3v) is 5.50. The van der Waals surface area contributed by atoms with Gasteiger partial charge in [-0.2, -0.15) is 0 Å². The molecule has 27 heavy (non-hydrogen) atoms. The number of nitro benzene ring substituents is 1. The number of rotatable bonds is 6. The van der Waals surface area contributed by atoms with E-state index in [1.807, 2.05) is 0 Å². The molecule has 0 aliphatic heterocycles. The van der Waals surface area contributed by atoms with Gasteiger partial charge in [-0.1, -0.05) is 23.5 Å². The number of sulfone groups is 1. The maximum atomic E-state index is 12.0. The number of nitro groups is 1. The molecule has 11 heteroatoms. The number of amides is 1. The number of carbonyl (C=O) groups excluding carboxylic acids is 1. The molecular weight excluding hydrogens is 394 g/mol. The predicted molar refractivity (Wildman–Crippen MR) is 100.0 cm³/mol. The molecule has 1 heterocycles. The lowest BCUT2D eigenvalue weighted by molar-refractivity contribution is -0.385. The highest BCUT2D eigenvalue weighted by atomic mass is 32.2. The number of hydrogen-bond donors (Lipinski definition) is 1. The molecule has 0 radical (unpaired) electrons. The van der Waals surface area contributed by atoms with Gasteiger partial charge in [-0.15, -0.1) is 0 Å². The highest BCUT2D eigenvalue weighted by Gasteiger charge is 2.16. The Morgan fingerprint density at radius 2 is 2.04 bits per heavy atom. The molecule has 0 aliphatic rings. The minimum Gasteiger partial charge on any atom is -0.477 e. The predicted octanol–water partition coefficient (Wildman–Crippen LogP) is 2.63. The van der Waals surface area contributed by atoms with Crippen LogP contribution in [0.5, 0.6) is 5.75 Å². The van der Waals surface area contributed by atoms with Crippen molar-refractivity contribution in [3.63, 3.8) is 0 Å². The van der Waals surface area contributed by atoms with Gasteiger partial charge in [0.25, 0.3) is 5.91 Å². The van der Waals surface area contributed by atoms with Gasteiger partial charge in [0.15, 0.2) is 27.3 Å². The van der Waals surface area contributed by atoms with Crippen LogP contribution in [-0.4, -0.2) is 37.1 Å². The zero-order valence-corrected chi connectivity index (χ0v) is 15.5. The lowest BCUT2D eigenvalue weighted by atomic mass is 10.3. The van der Waals surface area contributed by atoms with E-state index in [-0.39, 0.29) is 21.5 Å². The summed E-state index contributed by atoms with van der Waals surface area (Å²) in [5, 5.41) is 13.7. The second kappa shape index (κ2) is 7.29. The van der Waals surface area contributed by atoms with E-state index in [0.29, 0.717) is 10.2 Å². The number of ether oxygens (including phenoxy) is 1. The topological polar surface area (TPSA) is 128 Å². The highest BCUT2D eigenvalue weighted by molar-refractivity contribution is 7.90. The molecule has 0 saturated heterocycles. The van der Waals surface area contributed by atoms with E-state index < -0.39 is 27.3 Å². The number of aromatic nitrogens is 1. The Hall–Kier alpha value is -3.05. The summed E-state index contributed by atoms with van der Waals surface area (Å²) >= 11 is 1.11. The highest BCUT2D eigenvalue weighted by Crippen LogP contribution is 2.29. The van der Waals surface area contributed by atoms with Crippen LogP contribution in [0.3, 0.4) is 0 Å². The lowest BCUT2D eigenvalue weighted by Crippen LogP contribution is -2.20. The van der Waals surface area contributed by atoms with Gasteiger partial charge in [-0.25, -0.2) is 13.4 Å². The van der Waals surface area contributed by atoms with Crippen LogP contribution in [0.15, 0.2) is 47.4 Å². The van der Waals surface area contributed by atoms with Gasteiger partial charge in [-0.3, -0.25) is 20.2 Å². The molecule has 0 spiro atoms.